The Morgan fingerprint density at radius 3 is 2.77 bits per heavy atom. The number of rotatable bonds is 1. The van der Waals surface area contributed by atoms with E-state index in [2.05, 4.69) is 9.98 Å². The average Bonchev–Trinajstić information content (AvgIpc) is 2.48. The maximum Gasteiger partial charge on any atom is 0.236 e. The minimum absolute atomic E-state index is 0.104. The van der Waals surface area contributed by atoms with Gasteiger partial charge in [0.15, 0.2) is 0 Å². The van der Waals surface area contributed by atoms with Gasteiger partial charge >= 0.3 is 0 Å². The van der Waals surface area contributed by atoms with Gasteiger partial charge in [0.05, 0.1) is 5.54 Å². The standard InChI is InChI=1S/C10H12N2O/c1-10(2)7-13-9(12-10)8-5-3-4-6-11-8/h3-6H,7H2,1-2H3. The molecule has 68 valence electrons. The first-order chi connectivity index (χ1) is 6.17. The number of hydrogen-bond acceptors (Lipinski definition) is 3. The summed E-state index contributed by atoms with van der Waals surface area (Å²) in [7, 11) is 0. The average molecular weight is 176 g/mol. The van der Waals surface area contributed by atoms with Gasteiger partial charge < -0.3 is 4.74 Å². The molecular weight excluding hydrogens is 164 g/mol. The van der Waals surface area contributed by atoms with Gasteiger partial charge in [-0.3, -0.25) is 4.98 Å². The maximum atomic E-state index is 5.44. The zero-order chi connectivity index (χ0) is 9.31. The fraction of sp³-hybridized carbons (Fsp3) is 0.400. The fourth-order valence-corrected chi connectivity index (χ4v) is 1.20. The molecule has 0 aliphatic carbocycles. The van der Waals surface area contributed by atoms with E-state index in [1.54, 1.807) is 6.20 Å². The summed E-state index contributed by atoms with van der Waals surface area (Å²) in [5.41, 5.74) is 0.709. The molecule has 3 heteroatoms. The van der Waals surface area contributed by atoms with Crippen LogP contribution in [0.2, 0.25) is 0 Å². The third-order valence-corrected chi connectivity index (χ3v) is 1.85. The van der Waals surface area contributed by atoms with Crippen LogP contribution in [-0.2, 0) is 4.74 Å². The molecule has 0 atom stereocenters. The van der Waals surface area contributed by atoms with Gasteiger partial charge in [-0.2, -0.15) is 0 Å². The molecule has 13 heavy (non-hydrogen) atoms. The molecule has 1 aromatic heterocycles. The summed E-state index contributed by atoms with van der Waals surface area (Å²) in [6.07, 6.45) is 1.74. The summed E-state index contributed by atoms with van der Waals surface area (Å²) in [4.78, 5) is 8.59. The Kier molecular flexibility index (Phi) is 1.79. The van der Waals surface area contributed by atoms with Crippen LogP contribution in [0.1, 0.15) is 19.5 Å². The van der Waals surface area contributed by atoms with E-state index in [4.69, 9.17) is 4.74 Å². The van der Waals surface area contributed by atoms with Gasteiger partial charge in [0, 0.05) is 6.20 Å². The van der Waals surface area contributed by atoms with E-state index in [9.17, 15) is 0 Å². The fourth-order valence-electron chi connectivity index (χ4n) is 1.20. The molecule has 0 spiro atoms. The van der Waals surface area contributed by atoms with Crippen molar-refractivity contribution in [2.75, 3.05) is 6.61 Å². The Morgan fingerprint density at radius 1 is 1.38 bits per heavy atom. The number of aliphatic imine (C=N–C) groups is 1. The molecule has 2 rings (SSSR count). The van der Waals surface area contributed by atoms with E-state index in [0.29, 0.717) is 12.5 Å². The number of pyridine rings is 1. The highest BCUT2D eigenvalue weighted by Gasteiger charge is 2.27. The van der Waals surface area contributed by atoms with Crippen LogP contribution in [0.5, 0.6) is 0 Å². The van der Waals surface area contributed by atoms with Crippen LogP contribution in [0.3, 0.4) is 0 Å². The largest absolute Gasteiger partial charge is 0.474 e. The molecule has 0 unspecified atom stereocenters. The number of aromatic nitrogens is 1. The molecule has 2 heterocycles. The quantitative estimate of drug-likeness (QED) is 0.651. The molecular formula is C10H12N2O. The molecule has 0 fully saturated rings. The van der Waals surface area contributed by atoms with Crippen LogP contribution >= 0.6 is 0 Å². The molecule has 1 aromatic rings. The first-order valence-electron chi connectivity index (χ1n) is 4.31. The summed E-state index contributed by atoms with van der Waals surface area (Å²) in [5.74, 6) is 0.658. The second-order valence-corrected chi connectivity index (χ2v) is 3.73. The Morgan fingerprint density at radius 2 is 2.23 bits per heavy atom. The molecule has 0 aromatic carbocycles. The predicted octanol–water partition coefficient (Wildman–Crippen LogP) is 1.64. The lowest BCUT2D eigenvalue weighted by atomic mass is 10.1. The van der Waals surface area contributed by atoms with Crippen LogP contribution in [0.15, 0.2) is 29.4 Å². The monoisotopic (exact) mass is 176 g/mol. The van der Waals surface area contributed by atoms with Crippen molar-refractivity contribution >= 4 is 5.90 Å². The summed E-state index contributed by atoms with van der Waals surface area (Å²) in [6, 6.07) is 5.71. The van der Waals surface area contributed by atoms with Crippen LogP contribution in [0.4, 0.5) is 0 Å². The second kappa shape index (κ2) is 2.83. The SMILES string of the molecule is CC1(C)COC(c2ccccn2)=N1. The van der Waals surface area contributed by atoms with Crippen molar-refractivity contribution in [2.24, 2.45) is 4.99 Å². The van der Waals surface area contributed by atoms with Gasteiger partial charge in [-0.25, -0.2) is 4.99 Å². The minimum atomic E-state index is -0.104. The van der Waals surface area contributed by atoms with Crippen LogP contribution in [0.25, 0.3) is 0 Å². The minimum Gasteiger partial charge on any atom is -0.474 e. The Labute approximate surface area is 77.5 Å². The van der Waals surface area contributed by atoms with Crippen molar-refractivity contribution in [1.29, 1.82) is 0 Å². The lowest BCUT2D eigenvalue weighted by Crippen LogP contribution is -2.17. The highest BCUT2D eigenvalue weighted by Crippen LogP contribution is 2.19. The highest BCUT2D eigenvalue weighted by atomic mass is 16.5. The van der Waals surface area contributed by atoms with Crippen molar-refractivity contribution in [1.82, 2.24) is 4.98 Å². The third-order valence-electron chi connectivity index (χ3n) is 1.85. The Bertz CT molecular complexity index is 330. The van der Waals surface area contributed by atoms with Crippen LogP contribution in [-0.4, -0.2) is 23.0 Å². The molecule has 0 N–H and O–H groups in total. The molecule has 0 radical (unpaired) electrons. The van der Waals surface area contributed by atoms with E-state index in [-0.39, 0.29) is 5.54 Å². The van der Waals surface area contributed by atoms with Gasteiger partial charge in [-0.1, -0.05) is 6.07 Å². The molecule has 1 aliphatic rings. The molecule has 1 aliphatic heterocycles. The smallest absolute Gasteiger partial charge is 0.236 e. The van der Waals surface area contributed by atoms with Gasteiger partial charge in [0.1, 0.15) is 12.3 Å². The normalized spacial score (nSPS) is 19.4. The number of hydrogen-bond donors (Lipinski definition) is 0. The zero-order valence-electron chi connectivity index (χ0n) is 7.82. The zero-order valence-corrected chi connectivity index (χ0v) is 7.82. The van der Waals surface area contributed by atoms with Crippen molar-refractivity contribution in [2.45, 2.75) is 19.4 Å². The van der Waals surface area contributed by atoms with E-state index in [1.165, 1.54) is 0 Å². The first kappa shape index (κ1) is 8.23. The molecule has 0 amide bonds. The first-order valence-corrected chi connectivity index (χ1v) is 4.31. The van der Waals surface area contributed by atoms with E-state index < -0.39 is 0 Å². The maximum absolute atomic E-state index is 5.44. The van der Waals surface area contributed by atoms with E-state index in [1.807, 2.05) is 32.0 Å². The predicted molar refractivity (Wildman–Crippen MR) is 50.8 cm³/mol. The summed E-state index contributed by atoms with van der Waals surface area (Å²) in [5, 5.41) is 0. The number of ether oxygens (including phenoxy) is 1. The van der Waals surface area contributed by atoms with Crippen molar-refractivity contribution in [3.8, 4) is 0 Å². The summed E-state index contributed by atoms with van der Waals surface area (Å²) in [6.45, 7) is 4.73. The molecule has 0 saturated carbocycles. The van der Waals surface area contributed by atoms with E-state index >= 15 is 0 Å². The summed E-state index contributed by atoms with van der Waals surface area (Å²) < 4.78 is 5.44. The van der Waals surface area contributed by atoms with Crippen LogP contribution in [0, 0.1) is 0 Å². The molecule has 0 bridgehead atoms. The highest BCUT2D eigenvalue weighted by molar-refractivity contribution is 5.93. The van der Waals surface area contributed by atoms with Gasteiger partial charge in [0.25, 0.3) is 0 Å². The lowest BCUT2D eigenvalue weighted by molar-refractivity contribution is 0.279. The second-order valence-electron chi connectivity index (χ2n) is 3.73. The van der Waals surface area contributed by atoms with Crippen molar-refractivity contribution in [3.63, 3.8) is 0 Å². The van der Waals surface area contributed by atoms with Gasteiger partial charge in [0.2, 0.25) is 5.90 Å². The topological polar surface area (TPSA) is 34.5 Å². The van der Waals surface area contributed by atoms with Gasteiger partial charge in [-0.05, 0) is 26.0 Å². The van der Waals surface area contributed by atoms with Gasteiger partial charge in [-0.15, -0.1) is 0 Å². The Hall–Kier alpha value is -1.38. The lowest BCUT2D eigenvalue weighted by Gasteiger charge is -2.07. The van der Waals surface area contributed by atoms with Crippen molar-refractivity contribution in [3.05, 3.63) is 30.1 Å². The summed E-state index contributed by atoms with van der Waals surface area (Å²) >= 11 is 0. The molecule has 3 nitrogen and oxygen atoms in total. The van der Waals surface area contributed by atoms with Crippen molar-refractivity contribution < 1.29 is 4.74 Å². The number of nitrogens with zero attached hydrogens (tertiary/aromatic N) is 2. The Balaban J connectivity index is 2.30. The van der Waals surface area contributed by atoms with Crippen LogP contribution < -0.4 is 0 Å². The molecule has 0 saturated heterocycles. The van der Waals surface area contributed by atoms with E-state index in [0.717, 1.165) is 5.69 Å². The third kappa shape index (κ3) is 1.69.